The summed E-state index contributed by atoms with van der Waals surface area (Å²) in [5.41, 5.74) is 3.78. The Labute approximate surface area is 207 Å². The van der Waals surface area contributed by atoms with Crippen LogP contribution in [0.15, 0.2) is 121 Å². The van der Waals surface area contributed by atoms with Crippen LogP contribution in [0.3, 0.4) is 0 Å². The molecule has 0 aliphatic heterocycles. The van der Waals surface area contributed by atoms with Crippen molar-refractivity contribution in [2.75, 3.05) is 0 Å². The van der Waals surface area contributed by atoms with Crippen LogP contribution in [0.25, 0.3) is 0 Å². The van der Waals surface area contributed by atoms with Crippen molar-refractivity contribution in [3.05, 3.63) is 144 Å². The highest BCUT2D eigenvalue weighted by Crippen LogP contribution is 2.22. The molecular formula is C31H28N2O2. The summed E-state index contributed by atoms with van der Waals surface area (Å²) in [7, 11) is 0. The second-order valence-corrected chi connectivity index (χ2v) is 8.45. The topological polar surface area (TPSA) is 53.3 Å². The summed E-state index contributed by atoms with van der Waals surface area (Å²) >= 11 is 0. The van der Waals surface area contributed by atoms with Gasteiger partial charge in [0.2, 0.25) is 6.10 Å². The van der Waals surface area contributed by atoms with Gasteiger partial charge >= 0.3 is 5.97 Å². The molecule has 2 atom stereocenters. The minimum Gasteiger partial charge on any atom is -0.442 e. The molecule has 35 heavy (non-hydrogen) atoms. The summed E-state index contributed by atoms with van der Waals surface area (Å²) < 4.78 is 5.83. The van der Waals surface area contributed by atoms with E-state index in [0.29, 0.717) is 25.1 Å². The van der Waals surface area contributed by atoms with Crippen molar-refractivity contribution in [2.24, 2.45) is 0 Å². The average Bonchev–Trinajstić information content (AvgIpc) is 2.92. The molecule has 4 aromatic carbocycles. The molecule has 0 aliphatic rings. The molecule has 0 radical (unpaired) electrons. The van der Waals surface area contributed by atoms with Gasteiger partial charge in [0.05, 0.1) is 11.6 Å². The van der Waals surface area contributed by atoms with Crippen LogP contribution in [0, 0.1) is 11.3 Å². The van der Waals surface area contributed by atoms with E-state index in [4.69, 9.17) is 4.74 Å². The first-order chi connectivity index (χ1) is 17.2. The predicted molar refractivity (Wildman–Crippen MR) is 137 cm³/mol. The molecule has 0 fully saturated rings. The van der Waals surface area contributed by atoms with Crippen LogP contribution in [0.4, 0.5) is 0 Å². The number of hydrogen-bond acceptors (Lipinski definition) is 4. The highest BCUT2D eigenvalue weighted by atomic mass is 16.5. The van der Waals surface area contributed by atoms with Crippen molar-refractivity contribution in [3.8, 4) is 6.07 Å². The van der Waals surface area contributed by atoms with Crippen LogP contribution in [0.2, 0.25) is 0 Å². The SMILES string of the molecule is N#C[C@@H](OC(=O)c1ccccc1)[C@H](Cc1ccccc1)N(Cc1ccccc1)Cc1ccccc1. The average molecular weight is 461 g/mol. The smallest absolute Gasteiger partial charge is 0.339 e. The summed E-state index contributed by atoms with van der Waals surface area (Å²) in [5.74, 6) is -0.491. The lowest BCUT2D eigenvalue weighted by molar-refractivity contribution is 0.0125. The van der Waals surface area contributed by atoms with E-state index < -0.39 is 12.1 Å². The minimum absolute atomic E-state index is 0.351. The lowest BCUT2D eigenvalue weighted by atomic mass is 9.98. The van der Waals surface area contributed by atoms with Crippen LogP contribution >= 0.6 is 0 Å². The van der Waals surface area contributed by atoms with E-state index in [1.165, 1.54) is 0 Å². The van der Waals surface area contributed by atoms with E-state index in [1.54, 1.807) is 24.3 Å². The van der Waals surface area contributed by atoms with Gasteiger partial charge in [0.15, 0.2) is 0 Å². The summed E-state index contributed by atoms with van der Waals surface area (Å²) in [4.78, 5) is 15.2. The molecule has 4 rings (SSSR count). The van der Waals surface area contributed by atoms with E-state index in [1.807, 2.05) is 72.8 Å². The molecule has 0 aromatic heterocycles. The van der Waals surface area contributed by atoms with Crippen molar-refractivity contribution in [3.63, 3.8) is 0 Å². The van der Waals surface area contributed by atoms with Crippen molar-refractivity contribution in [1.82, 2.24) is 4.90 Å². The monoisotopic (exact) mass is 460 g/mol. The highest BCUT2D eigenvalue weighted by Gasteiger charge is 2.31. The third-order valence-electron chi connectivity index (χ3n) is 5.93. The Hall–Kier alpha value is -4.20. The number of nitrogens with zero attached hydrogens (tertiary/aromatic N) is 2. The van der Waals surface area contributed by atoms with Crippen LogP contribution in [-0.4, -0.2) is 23.0 Å². The molecule has 4 heteroatoms. The summed E-state index contributed by atoms with van der Waals surface area (Å²) in [6.45, 7) is 1.24. The molecule has 0 spiro atoms. The number of hydrogen-bond donors (Lipinski definition) is 0. The second-order valence-electron chi connectivity index (χ2n) is 8.45. The molecular weight excluding hydrogens is 432 g/mol. The van der Waals surface area contributed by atoms with Gasteiger partial charge in [-0.3, -0.25) is 4.90 Å². The lowest BCUT2D eigenvalue weighted by Gasteiger charge is -2.34. The Kier molecular flexibility index (Phi) is 8.42. The standard InChI is InChI=1S/C31H28N2O2/c32-22-30(35-31(34)28-19-11-4-12-20-28)29(21-25-13-5-1-6-14-25)33(23-26-15-7-2-8-16-26)24-27-17-9-3-10-18-27/h1-20,29-30H,21,23-24H2/t29-,30+/m0/s1. The number of rotatable bonds is 10. The van der Waals surface area contributed by atoms with Gasteiger partial charge in [-0.05, 0) is 35.2 Å². The van der Waals surface area contributed by atoms with Crippen molar-refractivity contribution in [2.45, 2.75) is 31.7 Å². The Bertz CT molecular complexity index is 1180. The molecule has 0 bridgehead atoms. The van der Waals surface area contributed by atoms with Gasteiger partial charge in [-0.1, -0.05) is 109 Å². The number of nitriles is 1. The molecule has 4 nitrogen and oxygen atoms in total. The van der Waals surface area contributed by atoms with Crippen molar-refractivity contribution in [1.29, 1.82) is 5.26 Å². The molecule has 0 aliphatic carbocycles. The quantitative estimate of drug-likeness (QED) is 0.270. The number of carbonyl (C=O) groups is 1. The first-order valence-corrected chi connectivity index (χ1v) is 11.7. The molecule has 0 saturated carbocycles. The predicted octanol–water partition coefficient (Wildman–Crippen LogP) is 6.05. The van der Waals surface area contributed by atoms with Crippen molar-refractivity contribution >= 4 is 5.97 Å². The molecule has 0 N–H and O–H groups in total. The number of benzene rings is 4. The van der Waals surface area contributed by atoms with Gasteiger partial charge in [0.1, 0.15) is 6.07 Å². The number of ether oxygens (including phenoxy) is 1. The molecule has 0 amide bonds. The maximum atomic E-state index is 12.9. The third kappa shape index (κ3) is 6.89. The van der Waals surface area contributed by atoms with Gasteiger partial charge in [-0.25, -0.2) is 4.79 Å². The lowest BCUT2D eigenvalue weighted by Crippen LogP contribution is -2.45. The van der Waals surface area contributed by atoms with Gasteiger partial charge in [-0.2, -0.15) is 5.26 Å². The maximum Gasteiger partial charge on any atom is 0.339 e. The zero-order valence-electron chi connectivity index (χ0n) is 19.5. The van der Waals surface area contributed by atoms with E-state index in [-0.39, 0.29) is 6.04 Å². The first kappa shape index (κ1) is 23.9. The van der Waals surface area contributed by atoms with Gasteiger partial charge < -0.3 is 4.74 Å². The zero-order chi connectivity index (χ0) is 24.3. The first-order valence-electron chi connectivity index (χ1n) is 11.7. The Balaban J connectivity index is 1.68. The number of esters is 1. The maximum absolute atomic E-state index is 12.9. The highest BCUT2D eigenvalue weighted by molar-refractivity contribution is 5.89. The summed E-state index contributed by atoms with van der Waals surface area (Å²) in [6.07, 6.45) is -0.379. The van der Waals surface area contributed by atoms with Crippen LogP contribution < -0.4 is 0 Å². The Morgan fingerprint density at radius 3 is 1.57 bits per heavy atom. The van der Waals surface area contributed by atoms with Crippen LogP contribution in [0.5, 0.6) is 0 Å². The largest absolute Gasteiger partial charge is 0.442 e. The minimum atomic E-state index is -0.949. The summed E-state index contributed by atoms with van der Waals surface area (Å²) in [5, 5.41) is 10.2. The Morgan fingerprint density at radius 2 is 1.11 bits per heavy atom. The van der Waals surface area contributed by atoms with Crippen LogP contribution in [-0.2, 0) is 24.2 Å². The fourth-order valence-corrected chi connectivity index (χ4v) is 4.16. The molecule has 0 saturated heterocycles. The van der Waals surface area contributed by atoms with Crippen molar-refractivity contribution < 1.29 is 9.53 Å². The van der Waals surface area contributed by atoms with Gasteiger partial charge in [-0.15, -0.1) is 0 Å². The van der Waals surface area contributed by atoms with E-state index in [2.05, 4.69) is 35.2 Å². The van der Waals surface area contributed by atoms with Gasteiger partial charge in [0, 0.05) is 13.1 Å². The number of carbonyl (C=O) groups excluding carboxylic acids is 1. The molecule has 0 unspecified atom stereocenters. The van der Waals surface area contributed by atoms with Crippen LogP contribution in [0.1, 0.15) is 27.0 Å². The Morgan fingerprint density at radius 1 is 0.686 bits per heavy atom. The van der Waals surface area contributed by atoms with E-state index in [9.17, 15) is 10.1 Å². The fourth-order valence-electron chi connectivity index (χ4n) is 4.16. The van der Waals surface area contributed by atoms with E-state index >= 15 is 0 Å². The fraction of sp³-hybridized carbons (Fsp3) is 0.161. The van der Waals surface area contributed by atoms with Gasteiger partial charge in [0.25, 0.3) is 0 Å². The molecule has 0 heterocycles. The molecule has 174 valence electrons. The second kappa shape index (κ2) is 12.3. The summed E-state index contributed by atoms with van der Waals surface area (Å²) in [6, 6.07) is 41.2. The normalized spacial score (nSPS) is 12.5. The zero-order valence-corrected chi connectivity index (χ0v) is 19.5. The third-order valence-corrected chi connectivity index (χ3v) is 5.93. The van der Waals surface area contributed by atoms with E-state index in [0.717, 1.165) is 16.7 Å². The molecule has 4 aromatic rings.